The zero-order valence-electron chi connectivity index (χ0n) is 27.3. The maximum absolute atomic E-state index is 14.5. The van der Waals surface area contributed by atoms with E-state index in [1.54, 1.807) is 37.4 Å². The van der Waals surface area contributed by atoms with Crippen LogP contribution in [0.2, 0.25) is 0 Å². The number of hydrogen-bond donors (Lipinski definition) is 2. The van der Waals surface area contributed by atoms with Crippen molar-refractivity contribution in [2.24, 2.45) is 0 Å². The Morgan fingerprint density at radius 1 is 0.907 bits per heavy atom. The quantitative estimate of drug-likeness (QED) is 0.181. The fourth-order valence-electron chi connectivity index (χ4n) is 5.14. The van der Waals surface area contributed by atoms with Crippen LogP contribution >= 0.6 is 11.8 Å². The summed E-state index contributed by atoms with van der Waals surface area (Å²) in [6.07, 6.45) is 8.07. The van der Waals surface area contributed by atoms with Gasteiger partial charge in [0.1, 0.15) is 17.7 Å². The number of carbonyl (C=O) groups excluding carboxylic acids is 3. The van der Waals surface area contributed by atoms with Gasteiger partial charge in [0, 0.05) is 13.1 Å². The van der Waals surface area contributed by atoms with Gasteiger partial charge in [0.05, 0.1) is 0 Å². The van der Waals surface area contributed by atoms with E-state index in [4.69, 9.17) is 4.74 Å². The minimum Gasteiger partial charge on any atom is -0.444 e. The Kier molecular flexibility index (Phi) is 15.7. The molecule has 0 spiro atoms. The zero-order valence-corrected chi connectivity index (χ0v) is 28.1. The minimum absolute atomic E-state index is 0.235. The zero-order chi connectivity index (χ0) is 31.8. The molecule has 0 saturated heterocycles. The number of nitrogens with zero attached hydrogens (tertiary/aromatic N) is 1. The predicted molar refractivity (Wildman–Crippen MR) is 178 cm³/mol. The summed E-state index contributed by atoms with van der Waals surface area (Å²) in [5, 5.41) is 5.95. The Hall–Kier alpha value is -3.00. The van der Waals surface area contributed by atoms with Crippen molar-refractivity contribution in [1.29, 1.82) is 0 Å². The van der Waals surface area contributed by atoms with Crippen molar-refractivity contribution in [3.63, 3.8) is 0 Å². The van der Waals surface area contributed by atoms with Gasteiger partial charge in [-0.3, -0.25) is 9.59 Å². The molecule has 0 aliphatic heterocycles. The number of thioether (sulfide) groups is 1. The molecule has 2 atom stereocenters. The second kappa shape index (κ2) is 18.6. The molecule has 0 bridgehead atoms. The Balaban J connectivity index is 2.50. The average Bonchev–Trinajstić information content (AvgIpc) is 2.95. The summed E-state index contributed by atoms with van der Waals surface area (Å²) in [5.41, 5.74) is 3.00. The maximum atomic E-state index is 14.5. The topological polar surface area (TPSA) is 87.7 Å². The van der Waals surface area contributed by atoms with E-state index < -0.39 is 23.8 Å². The molecule has 2 rings (SSSR count). The first-order valence-corrected chi connectivity index (χ1v) is 17.0. The second-order valence-electron chi connectivity index (χ2n) is 12.2. The van der Waals surface area contributed by atoms with E-state index in [9.17, 15) is 14.4 Å². The van der Waals surface area contributed by atoms with Crippen molar-refractivity contribution in [2.45, 2.75) is 111 Å². The van der Waals surface area contributed by atoms with E-state index in [1.807, 2.05) is 68.6 Å². The SMILES string of the molecule is CCCCCCCCN(C(=O)C(CCSC)NC(=O)OC(C)(C)C)C(C(=O)NCc1ccccc1)c1c(C)cccc1C. The van der Waals surface area contributed by atoms with Crippen LogP contribution in [0.25, 0.3) is 0 Å². The lowest BCUT2D eigenvalue weighted by Crippen LogP contribution is -2.53. The van der Waals surface area contributed by atoms with Gasteiger partial charge < -0.3 is 20.3 Å². The van der Waals surface area contributed by atoms with E-state index in [1.165, 1.54) is 6.42 Å². The fraction of sp³-hybridized carbons (Fsp3) is 0.571. The average molecular weight is 612 g/mol. The number of nitrogens with one attached hydrogen (secondary N) is 2. The number of carbonyl (C=O) groups is 3. The Morgan fingerprint density at radius 3 is 2.14 bits per heavy atom. The second-order valence-corrected chi connectivity index (χ2v) is 13.2. The van der Waals surface area contributed by atoms with Crippen LogP contribution in [0.4, 0.5) is 4.79 Å². The summed E-state index contributed by atoms with van der Waals surface area (Å²) in [6, 6.07) is 14.0. The highest BCUT2D eigenvalue weighted by Gasteiger charge is 2.37. The van der Waals surface area contributed by atoms with Gasteiger partial charge in [-0.2, -0.15) is 11.8 Å². The molecule has 2 aromatic carbocycles. The van der Waals surface area contributed by atoms with Gasteiger partial charge in [-0.25, -0.2) is 4.79 Å². The van der Waals surface area contributed by atoms with Crippen molar-refractivity contribution in [1.82, 2.24) is 15.5 Å². The smallest absolute Gasteiger partial charge is 0.408 e. The van der Waals surface area contributed by atoms with Crippen molar-refractivity contribution in [2.75, 3.05) is 18.6 Å². The molecule has 7 nitrogen and oxygen atoms in total. The first kappa shape index (κ1) is 36.2. The minimum atomic E-state index is -0.842. The van der Waals surface area contributed by atoms with Gasteiger partial charge in [0.15, 0.2) is 0 Å². The largest absolute Gasteiger partial charge is 0.444 e. The molecule has 43 heavy (non-hydrogen) atoms. The third-order valence-corrected chi connectivity index (χ3v) is 7.96. The lowest BCUT2D eigenvalue weighted by molar-refractivity contribution is -0.142. The molecule has 0 fully saturated rings. The van der Waals surface area contributed by atoms with Crippen LogP contribution in [0.1, 0.15) is 101 Å². The Labute approximate surface area is 263 Å². The summed E-state index contributed by atoms with van der Waals surface area (Å²) in [7, 11) is 0. The molecule has 3 amide bonds. The highest BCUT2D eigenvalue weighted by Crippen LogP contribution is 2.30. The number of unbranched alkanes of at least 4 members (excludes halogenated alkanes) is 5. The molecular weight excluding hydrogens is 558 g/mol. The van der Waals surface area contributed by atoms with E-state index in [2.05, 4.69) is 17.6 Å². The number of alkyl carbamates (subject to hydrolysis) is 1. The molecule has 0 aliphatic carbocycles. The summed E-state index contributed by atoms with van der Waals surface area (Å²) in [4.78, 5) is 43.2. The molecule has 0 saturated carbocycles. The number of aryl methyl sites for hydroxylation is 2. The Bertz CT molecular complexity index is 1130. The molecule has 238 valence electrons. The first-order chi connectivity index (χ1) is 20.5. The predicted octanol–water partition coefficient (Wildman–Crippen LogP) is 7.50. The molecule has 0 aliphatic rings. The van der Waals surface area contributed by atoms with Crippen LogP contribution in [-0.2, 0) is 20.9 Å². The molecule has 2 aromatic rings. The van der Waals surface area contributed by atoms with Crippen LogP contribution in [0.15, 0.2) is 48.5 Å². The Morgan fingerprint density at radius 2 is 1.53 bits per heavy atom. The lowest BCUT2D eigenvalue weighted by Gasteiger charge is -2.36. The number of ether oxygens (including phenoxy) is 1. The first-order valence-electron chi connectivity index (χ1n) is 15.6. The molecule has 8 heteroatoms. The molecular formula is C35H53N3O4S. The molecule has 0 aromatic heterocycles. The number of amides is 3. The highest BCUT2D eigenvalue weighted by molar-refractivity contribution is 7.98. The lowest BCUT2D eigenvalue weighted by atomic mass is 9.93. The van der Waals surface area contributed by atoms with Crippen LogP contribution in [0.3, 0.4) is 0 Å². The number of hydrogen-bond acceptors (Lipinski definition) is 5. The van der Waals surface area contributed by atoms with E-state index in [-0.39, 0.29) is 11.8 Å². The van der Waals surface area contributed by atoms with Gasteiger partial charge in [-0.05, 0) is 81.7 Å². The number of rotatable bonds is 17. The van der Waals surface area contributed by atoms with E-state index in [0.717, 1.165) is 54.4 Å². The van der Waals surface area contributed by atoms with Crippen molar-refractivity contribution < 1.29 is 19.1 Å². The molecule has 2 N–H and O–H groups in total. The van der Waals surface area contributed by atoms with Crippen LogP contribution < -0.4 is 10.6 Å². The summed E-state index contributed by atoms with van der Waals surface area (Å²) in [6.45, 7) is 12.3. The van der Waals surface area contributed by atoms with Gasteiger partial charge >= 0.3 is 6.09 Å². The molecule has 0 radical (unpaired) electrons. The van der Waals surface area contributed by atoms with Gasteiger partial charge in [0.2, 0.25) is 11.8 Å². The van der Waals surface area contributed by atoms with Gasteiger partial charge in [-0.15, -0.1) is 0 Å². The maximum Gasteiger partial charge on any atom is 0.408 e. The fourth-order valence-corrected chi connectivity index (χ4v) is 5.61. The highest BCUT2D eigenvalue weighted by atomic mass is 32.2. The van der Waals surface area contributed by atoms with Crippen molar-refractivity contribution in [3.8, 4) is 0 Å². The third kappa shape index (κ3) is 12.6. The van der Waals surface area contributed by atoms with Gasteiger partial charge in [-0.1, -0.05) is 87.6 Å². The van der Waals surface area contributed by atoms with Crippen molar-refractivity contribution >= 4 is 29.7 Å². The van der Waals surface area contributed by atoms with Crippen LogP contribution in [0.5, 0.6) is 0 Å². The van der Waals surface area contributed by atoms with Crippen molar-refractivity contribution in [3.05, 3.63) is 70.8 Å². The molecule has 0 heterocycles. The normalized spacial score (nSPS) is 12.7. The summed E-state index contributed by atoms with van der Waals surface area (Å²) >= 11 is 1.61. The standard InChI is InChI=1S/C35H53N3O4S/c1-8-9-10-11-12-16-23-38(33(40)29(22-24-43-7)37-34(41)42-35(4,5)6)31(30-26(2)18-17-19-27(30)3)32(39)36-25-28-20-14-13-15-21-28/h13-15,17-21,29,31H,8-12,16,22-25H2,1-7H3,(H,36,39)(H,37,41). The van der Waals surface area contributed by atoms with Crippen LogP contribution in [-0.4, -0.2) is 53.0 Å². The third-order valence-electron chi connectivity index (χ3n) is 7.32. The van der Waals surface area contributed by atoms with E-state index in [0.29, 0.717) is 25.3 Å². The monoisotopic (exact) mass is 611 g/mol. The summed E-state index contributed by atoms with van der Waals surface area (Å²) in [5.74, 6) is 0.170. The van der Waals surface area contributed by atoms with Crippen LogP contribution in [0, 0.1) is 13.8 Å². The summed E-state index contributed by atoms with van der Waals surface area (Å²) < 4.78 is 5.53. The van der Waals surface area contributed by atoms with Gasteiger partial charge in [0.25, 0.3) is 0 Å². The number of benzene rings is 2. The van der Waals surface area contributed by atoms with E-state index >= 15 is 0 Å². The molecule has 2 unspecified atom stereocenters.